The first-order valence-electron chi connectivity index (χ1n) is 5.43. The molecule has 0 spiro atoms. The lowest BCUT2D eigenvalue weighted by molar-refractivity contribution is -0.143. The van der Waals surface area contributed by atoms with E-state index in [0.717, 1.165) is 30.8 Å². The van der Waals surface area contributed by atoms with E-state index in [1.165, 1.54) is 0 Å². The number of aryl methyl sites for hydroxylation is 2. The van der Waals surface area contributed by atoms with E-state index in [2.05, 4.69) is 0 Å². The predicted octanol–water partition coefficient (Wildman–Crippen LogP) is 2.86. The largest absolute Gasteiger partial charge is 0.466 e. The van der Waals surface area contributed by atoms with Gasteiger partial charge in [-0.3, -0.25) is 4.79 Å². The highest BCUT2D eigenvalue weighted by molar-refractivity contribution is 5.69. The maximum Gasteiger partial charge on any atom is 0.305 e. The van der Waals surface area contributed by atoms with Gasteiger partial charge in [0.2, 0.25) is 0 Å². The van der Waals surface area contributed by atoms with Crippen LogP contribution in [0.1, 0.15) is 37.7 Å². The Bertz CT molecular complexity index is 302. The Balaban J connectivity index is 2.09. The van der Waals surface area contributed by atoms with E-state index >= 15 is 0 Å². The van der Waals surface area contributed by atoms with E-state index in [-0.39, 0.29) is 5.97 Å². The third-order valence-electron chi connectivity index (χ3n) is 2.16. The molecule has 15 heavy (non-hydrogen) atoms. The van der Waals surface area contributed by atoms with Crippen LogP contribution in [0.25, 0.3) is 0 Å². The third kappa shape index (κ3) is 4.68. The molecular weight excluding hydrogens is 192 g/mol. The van der Waals surface area contributed by atoms with Crippen LogP contribution in [0.2, 0.25) is 0 Å². The van der Waals surface area contributed by atoms with Crippen molar-refractivity contribution >= 4 is 5.97 Å². The van der Waals surface area contributed by atoms with Gasteiger partial charge in [-0.15, -0.1) is 0 Å². The van der Waals surface area contributed by atoms with Crippen molar-refractivity contribution < 1.29 is 13.9 Å². The topological polar surface area (TPSA) is 39.4 Å². The van der Waals surface area contributed by atoms with E-state index in [9.17, 15) is 4.79 Å². The fraction of sp³-hybridized carbons (Fsp3) is 0.583. The van der Waals surface area contributed by atoms with Gasteiger partial charge in [0, 0.05) is 12.8 Å². The van der Waals surface area contributed by atoms with Crippen LogP contribution in [0.4, 0.5) is 0 Å². The zero-order valence-corrected chi connectivity index (χ0v) is 9.41. The molecule has 0 N–H and O–H groups in total. The molecule has 1 aromatic rings. The fourth-order valence-electron chi connectivity index (χ4n) is 1.42. The minimum atomic E-state index is -0.104. The molecule has 3 heteroatoms. The van der Waals surface area contributed by atoms with Crippen LogP contribution in [0.15, 0.2) is 16.5 Å². The number of rotatable bonds is 6. The van der Waals surface area contributed by atoms with Crippen LogP contribution < -0.4 is 0 Å². The molecule has 0 amide bonds. The summed E-state index contributed by atoms with van der Waals surface area (Å²) in [6.45, 7) is 4.22. The van der Waals surface area contributed by atoms with Gasteiger partial charge in [-0.1, -0.05) is 0 Å². The number of hydrogen-bond acceptors (Lipinski definition) is 3. The second-order valence-electron chi connectivity index (χ2n) is 3.52. The monoisotopic (exact) mass is 210 g/mol. The highest BCUT2D eigenvalue weighted by atomic mass is 16.5. The van der Waals surface area contributed by atoms with Crippen molar-refractivity contribution in [1.82, 2.24) is 0 Å². The molecule has 0 radical (unpaired) electrons. The highest BCUT2D eigenvalue weighted by Gasteiger charge is 2.02. The molecular formula is C12H18O3. The van der Waals surface area contributed by atoms with Crippen molar-refractivity contribution in [2.75, 3.05) is 6.61 Å². The van der Waals surface area contributed by atoms with Gasteiger partial charge in [-0.2, -0.15) is 0 Å². The number of unbranched alkanes of at least 4 members (excludes halogenated alkanes) is 1. The van der Waals surface area contributed by atoms with Gasteiger partial charge >= 0.3 is 5.97 Å². The predicted molar refractivity (Wildman–Crippen MR) is 57.6 cm³/mol. The Kier molecular flexibility index (Phi) is 4.95. The summed E-state index contributed by atoms with van der Waals surface area (Å²) in [4.78, 5) is 11.0. The van der Waals surface area contributed by atoms with Gasteiger partial charge in [0.15, 0.2) is 0 Å². The van der Waals surface area contributed by atoms with Gasteiger partial charge in [-0.05, 0) is 38.8 Å². The van der Waals surface area contributed by atoms with E-state index in [1.807, 2.05) is 26.0 Å². The number of ether oxygens (including phenoxy) is 1. The van der Waals surface area contributed by atoms with Crippen LogP contribution in [0.5, 0.6) is 0 Å². The average molecular weight is 210 g/mol. The summed E-state index contributed by atoms with van der Waals surface area (Å²) >= 11 is 0. The van der Waals surface area contributed by atoms with Gasteiger partial charge < -0.3 is 9.15 Å². The summed E-state index contributed by atoms with van der Waals surface area (Å²) in [6.07, 6.45) is 3.23. The van der Waals surface area contributed by atoms with Crippen LogP contribution in [0.3, 0.4) is 0 Å². The molecule has 0 aliphatic rings. The minimum absolute atomic E-state index is 0.104. The summed E-state index contributed by atoms with van der Waals surface area (Å²) in [5.74, 6) is 1.83. The van der Waals surface area contributed by atoms with Crippen molar-refractivity contribution in [1.29, 1.82) is 0 Å². The first-order chi connectivity index (χ1) is 7.22. The Morgan fingerprint density at radius 3 is 2.80 bits per heavy atom. The van der Waals surface area contributed by atoms with Crippen molar-refractivity contribution in [2.24, 2.45) is 0 Å². The molecule has 0 unspecified atom stereocenters. The molecule has 0 fully saturated rings. The van der Waals surface area contributed by atoms with E-state index in [4.69, 9.17) is 9.15 Å². The molecule has 0 aliphatic heterocycles. The summed E-state index contributed by atoms with van der Waals surface area (Å²) in [7, 11) is 0. The minimum Gasteiger partial charge on any atom is -0.466 e. The summed E-state index contributed by atoms with van der Waals surface area (Å²) in [5, 5.41) is 0. The molecule has 1 rings (SSSR count). The lowest BCUT2D eigenvalue weighted by Crippen LogP contribution is -2.03. The second-order valence-corrected chi connectivity index (χ2v) is 3.52. The fourth-order valence-corrected chi connectivity index (χ4v) is 1.42. The quantitative estimate of drug-likeness (QED) is 0.535. The molecule has 3 nitrogen and oxygen atoms in total. The lowest BCUT2D eigenvalue weighted by Gasteiger charge is -2.00. The lowest BCUT2D eigenvalue weighted by atomic mass is 10.1. The zero-order valence-electron chi connectivity index (χ0n) is 9.41. The Morgan fingerprint density at radius 1 is 1.40 bits per heavy atom. The number of furan rings is 1. The van der Waals surface area contributed by atoms with Gasteiger partial charge in [0.25, 0.3) is 0 Å². The second kappa shape index (κ2) is 6.27. The van der Waals surface area contributed by atoms with Crippen LogP contribution in [-0.4, -0.2) is 12.6 Å². The molecule has 84 valence electrons. The smallest absolute Gasteiger partial charge is 0.305 e. The Morgan fingerprint density at radius 2 is 2.20 bits per heavy atom. The van der Waals surface area contributed by atoms with E-state index in [1.54, 1.807) is 0 Å². The average Bonchev–Trinajstić information content (AvgIpc) is 2.60. The van der Waals surface area contributed by atoms with Crippen molar-refractivity contribution in [3.8, 4) is 0 Å². The molecule has 1 heterocycles. The maximum atomic E-state index is 11.0. The summed E-state index contributed by atoms with van der Waals surface area (Å²) in [5.41, 5.74) is 0. The van der Waals surface area contributed by atoms with Crippen molar-refractivity contribution in [2.45, 2.75) is 39.5 Å². The number of carbonyl (C=O) groups is 1. The van der Waals surface area contributed by atoms with Crippen LogP contribution in [-0.2, 0) is 16.0 Å². The maximum absolute atomic E-state index is 11.0. The summed E-state index contributed by atoms with van der Waals surface area (Å²) < 4.78 is 10.3. The van der Waals surface area contributed by atoms with Crippen LogP contribution in [0, 0.1) is 6.92 Å². The molecule has 0 saturated carbocycles. The normalized spacial score (nSPS) is 10.3. The highest BCUT2D eigenvalue weighted by Crippen LogP contribution is 2.10. The summed E-state index contributed by atoms with van der Waals surface area (Å²) in [6, 6.07) is 3.94. The SMILES string of the molecule is CCOC(=O)CCCCc1ccc(C)o1. The molecule has 0 bridgehead atoms. The van der Waals surface area contributed by atoms with Crippen molar-refractivity contribution in [3.05, 3.63) is 23.7 Å². The molecule has 0 aromatic carbocycles. The first-order valence-corrected chi connectivity index (χ1v) is 5.43. The van der Waals surface area contributed by atoms with E-state index in [0.29, 0.717) is 13.0 Å². The number of hydrogen-bond donors (Lipinski definition) is 0. The van der Waals surface area contributed by atoms with Gasteiger partial charge in [0.1, 0.15) is 11.5 Å². The standard InChI is InChI=1S/C12H18O3/c1-3-14-12(13)7-5-4-6-11-9-8-10(2)15-11/h8-9H,3-7H2,1-2H3. The molecule has 0 saturated heterocycles. The van der Waals surface area contributed by atoms with Gasteiger partial charge in [0.05, 0.1) is 6.61 Å². The molecule has 0 atom stereocenters. The van der Waals surface area contributed by atoms with E-state index < -0.39 is 0 Å². The van der Waals surface area contributed by atoms with Crippen molar-refractivity contribution in [3.63, 3.8) is 0 Å². The third-order valence-corrected chi connectivity index (χ3v) is 2.16. The first kappa shape index (κ1) is 11.8. The zero-order chi connectivity index (χ0) is 11.1. The molecule has 1 aromatic heterocycles. The Hall–Kier alpha value is -1.25. The van der Waals surface area contributed by atoms with Gasteiger partial charge in [-0.25, -0.2) is 0 Å². The van der Waals surface area contributed by atoms with Crippen LogP contribution >= 0.6 is 0 Å². The number of esters is 1. The number of carbonyl (C=O) groups excluding carboxylic acids is 1. The Labute approximate surface area is 90.4 Å². The molecule has 0 aliphatic carbocycles.